The van der Waals surface area contributed by atoms with Crippen molar-refractivity contribution in [2.75, 3.05) is 7.05 Å². The lowest BCUT2D eigenvalue weighted by molar-refractivity contribution is -0.124. The van der Waals surface area contributed by atoms with Gasteiger partial charge >= 0.3 is 0 Å². The number of hydrogen-bond donors (Lipinski definition) is 0. The summed E-state index contributed by atoms with van der Waals surface area (Å²) in [5, 5.41) is 0. The number of rotatable bonds is 1. The Balaban J connectivity index is 3.01. The van der Waals surface area contributed by atoms with Gasteiger partial charge in [-0.15, -0.1) is 0 Å². The zero-order valence-corrected chi connectivity index (χ0v) is 9.39. The molecule has 0 radical (unpaired) electrons. The van der Waals surface area contributed by atoms with Crippen molar-refractivity contribution in [3.8, 4) is 0 Å². The van der Waals surface area contributed by atoms with Crippen molar-refractivity contribution in [3.63, 3.8) is 0 Å². The molecule has 0 aliphatic carbocycles. The van der Waals surface area contributed by atoms with Crippen molar-refractivity contribution in [2.24, 2.45) is 0 Å². The Bertz CT molecular complexity index is 373. The first kappa shape index (κ1) is 10.9. The molecule has 14 heavy (non-hydrogen) atoms. The number of carbonyl (C=O) groups excluding carboxylic acids is 1. The van der Waals surface area contributed by atoms with Crippen LogP contribution in [0.15, 0.2) is 24.3 Å². The van der Waals surface area contributed by atoms with Gasteiger partial charge in [0.1, 0.15) is 4.99 Å². The Kier molecular flexibility index (Phi) is 3.36. The van der Waals surface area contributed by atoms with Crippen LogP contribution in [0.2, 0.25) is 0 Å². The van der Waals surface area contributed by atoms with Crippen molar-refractivity contribution in [3.05, 3.63) is 35.4 Å². The van der Waals surface area contributed by atoms with E-state index in [1.54, 1.807) is 7.05 Å². The second-order valence-corrected chi connectivity index (χ2v) is 3.58. The van der Waals surface area contributed by atoms with E-state index in [9.17, 15) is 4.79 Å². The molecule has 0 spiro atoms. The molecule has 0 atom stereocenters. The fraction of sp³-hybridized carbons (Fsp3) is 0.273. The summed E-state index contributed by atoms with van der Waals surface area (Å²) in [5.41, 5.74) is 2.03. The number of thiocarbonyl (C=S) groups is 1. The molecule has 0 fully saturated rings. The summed E-state index contributed by atoms with van der Waals surface area (Å²) in [5.74, 6) is -0.0433. The monoisotopic (exact) mass is 207 g/mol. The van der Waals surface area contributed by atoms with Gasteiger partial charge < -0.3 is 4.90 Å². The van der Waals surface area contributed by atoms with Crippen LogP contribution in [0.4, 0.5) is 0 Å². The van der Waals surface area contributed by atoms with Crippen molar-refractivity contribution < 1.29 is 4.79 Å². The number of amides is 1. The van der Waals surface area contributed by atoms with Gasteiger partial charge in [-0.2, -0.15) is 0 Å². The van der Waals surface area contributed by atoms with Gasteiger partial charge in [0.15, 0.2) is 0 Å². The Hall–Kier alpha value is -1.22. The largest absolute Gasteiger partial charge is 0.306 e. The summed E-state index contributed by atoms with van der Waals surface area (Å²) in [6, 6.07) is 7.78. The maximum absolute atomic E-state index is 11.1. The molecule has 0 saturated carbocycles. The number of nitrogens with zero attached hydrogens (tertiary/aromatic N) is 1. The fourth-order valence-corrected chi connectivity index (χ4v) is 1.49. The highest BCUT2D eigenvalue weighted by Gasteiger charge is 2.11. The van der Waals surface area contributed by atoms with Crippen LogP contribution in [0.5, 0.6) is 0 Å². The lowest BCUT2D eigenvalue weighted by Gasteiger charge is -2.17. The summed E-state index contributed by atoms with van der Waals surface area (Å²) in [7, 11) is 1.69. The van der Waals surface area contributed by atoms with E-state index in [1.165, 1.54) is 11.8 Å². The lowest BCUT2D eigenvalue weighted by atomic mass is 10.1. The second-order valence-electron chi connectivity index (χ2n) is 3.20. The summed E-state index contributed by atoms with van der Waals surface area (Å²) in [6.45, 7) is 3.49. The molecular weight excluding hydrogens is 194 g/mol. The van der Waals surface area contributed by atoms with E-state index in [4.69, 9.17) is 12.2 Å². The van der Waals surface area contributed by atoms with E-state index in [2.05, 4.69) is 0 Å². The maximum atomic E-state index is 11.1. The molecule has 1 amide bonds. The molecule has 1 rings (SSSR count). The van der Waals surface area contributed by atoms with Crippen molar-refractivity contribution in [1.29, 1.82) is 0 Å². The third kappa shape index (κ3) is 2.17. The second kappa shape index (κ2) is 4.33. The minimum Gasteiger partial charge on any atom is -0.306 e. The van der Waals surface area contributed by atoms with Crippen LogP contribution in [-0.2, 0) is 4.79 Å². The first-order chi connectivity index (χ1) is 6.54. The summed E-state index contributed by atoms with van der Waals surface area (Å²) >= 11 is 5.21. The molecule has 74 valence electrons. The molecule has 1 aromatic carbocycles. The van der Waals surface area contributed by atoms with Crippen LogP contribution in [-0.4, -0.2) is 22.8 Å². The molecule has 2 nitrogen and oxygen atoms in total. The predicted octanol–water partition coefficient (Wildman–Crippen LogP) is 2.15. The third-order valence-corrected chi connectivity index (χ3v) is 2.65. The standard InChI is InChI=1S/C11H13NOS/c1-8-6-4-5-7-10(8)11(14)12(3)9(2)13/h4-7H,1-3H3. The van der Waals surface area contributed by atoms with Gasteiger partial charge in [-0.25, -0.2) is 0 Å². The summed E-state index contributed by atoms with van der Waals surface area (Å²) in [4.78, 5) is 13.2. The average molecular weight is 207 g/mol. The van der Waals surface area contributed by atoms with Gasteiger partial charge in [0, 0.05) is 19.5 Å². The third-order valence-electron chi connectivity index (χ3n) is 2.15. The number of benzene rings is 1. The van der Waals surface area contributed by atoms with E-state index < -0.39 is 0 Å². The van der Waals surface area contributed by atoms with Gasteiger partial charge in [-0.3, -0.25) is 4.79 Å². The molecule has 0 saturated heterocycles. The molecule has 0 aliphatic rings. The topological polar surface area (TPSA) is 20.3 Å². The molecule has 0 bridgehead atoms. The van der Waals surface area contributed by atoms with Crippen molar-refractivity contribution in [2.45, 2.75) is 13.8 Å². The van der Waals surface area contributed by atoms with Gasteiger partial charge in [-0.1, -0.05) is 36.5 Å². The van der Waals surface area contributed by atoms with Crippen LogP contribution in [0.25, 0.3) is 0 Å². The molecule has 0 heterocycles. The summed E-state index contributed by atoms with van der Waals surface area (Å²) < 4.78 is 0. The Morgan fingerprint density at radius 1 is 1.36 bits per heavy atom. The summed E-state index contributed by atoms with van der Waals surface area (Å²) in [6.07, 6.45) is 0. The van der Waals surface area contributed by atoms with E-state index in [0.29, 0.717) is 4.99 Å². The fourth-order valence-electron chi connectivity index (χ4n) is 1.14. The van der Waals surface area contributed by atoms with Crippen LogP contribution < -0.4 is 0 Å². The number of carbonyl (C=O) groups is 1. The number of hydrogen-bond acceptors (Lipinski definition) is 2. The molecule has 0 aliphatic heterocycles. The van der Waals surface area contributed by atoms with Crippen molar-refractivity contribution in [1.82, 2.24) is 4.90 Å². The minimum atomic E-state index is -0.0433. The Labute approximate surface area is 89.5 Å². The molecule has 0 aromatic heterocycles. The number of aryl methyl sites for hydroxylation is 1. The zero-order chi connectivity index (χ0) is 10.7. The van der Waals surface area contributed by atoms with E-state index in [-0.39, 0.29) is 5.91 Å². The highest BCUT2D eigenvalue weighted by atomic mass is 32.1. The molecular formula is C11H13NOS. The SMILES string of the molecule is CC(=O)N(C)C(=S)c1ccccc1C. The van der Waals surface area contributed by atoms with Gasteiger partial charge in [0.2, 0.25) is 5.91 Å². The van der Waals surface area contributed by atoms with Gasteiger partial charge in [0.25, 0.3) is 0 Å². The zero-order valence-electron chi connectivity index (χ0n) is 8.57. The molecule has 3 heteroatoms. The quantitative estimate of drug-likeness (QED) is 0.658. The van der Waals surface area contributed by atoms with E-state index in [0.717, 1.165) is 11.1 Å². The van der Waals surface area contributed by atoms with Crippen LogP contribution in [0, 0.1) is 6.92 Å². The normalized spacial score (nSPS) is 9.64. The predicted molar refractivity (Wildman–Crippen MR) is 61.3 cm³/mol. The van der Waals surface area contributed by atoms with Gasteiger partial charge in [-0.05, 0) is 12.5 Å². The highest BCUT2D eigenvalue weighted by Crippen LogP contribution is 2.10. The minimum absolute atomic E-state index is 0.0433. The Morgan fingerprint density at radius 3 is 2.43 bits per heavy atom. The smallest absolute Gasteiger partial charge is 0.224 e. The lowest BCUT2D eigenvalue weighted by Crippen LogP contribution is -2.30. The highest BCUT2D eigenvalue weighted by molar-refractivity contribution is 7.80. The molecule has 1 aromatic rings. The van der Waals surface area contributed by atoms with Gasteiger partial charge in [0.05, 0.1) is 0 Å². The van der Waals surface area contributed by atoms with Crippen LogP contribution >= 0.6 is 12.2 Å². The first-order valence-corrected chi connectivity index (χ1v) is 4.79. The van der Waals surface area contributed by atoms with E-state index >= 15 is 0 Å². The van der Waals surface area contributed by atoms with E-state index in [1.807, 2.05) is 31.2 Å². The van der Waals surface area contributed by atoms with Crippen LogP contribution in [0.1, 0.15) is 18.1 Å². The first-order valence-electron chi connectivity index (χ1n) is 4.38. The van der Waals surface area contributed by atoms with Crippen LogP contribution in [0.3, 0.4) is 0 Å². The molecule has 0 unspecified atom stereocenters. The van der Waals surface area contributed by atoms with Crippen molar-refractivity contribution >= 4 is 23.1 Å². The Morgan fingerprint density at radius 2 is 1.93 bits per heavy atom. The average Bonchev–Trinajstić information content (AvgIpc) is 2.16. The molecule has 0 N–H and O–H groups in total. The maximum Gasteiger partial charge on any atom is 0.224 e.